The third kappa shape index (κ3) is 5.53. The third-order valence-electron chi connectivity index (χ3n) is 1.56. The fourth-order valence-corrected chi connectivity index (χ4v) is 1.44. The van der Waals surface area contributed by atoms with E-state index in [4.69, 9.17) is 10.8 Å². The minimum Gasteiger partial charge on any atom is -0.396 e. The molecule has 0 radical (unpaired) electrons. The average Bonchev–Trinajstić information content (AvgIpc) is 2.00. The van der Waals surface area contributed by atoms with Gasteiger partial charge < -0.3 is 10.8 Å². The number of aliphatic hydroxyl groups excluding tert-OH is 1. The highest BCUT2D eigenvalue weighted by Gasteiger charge is 2.16. The Morgan fingerprint density at radius 1 is 1.55 bits per heavy atom. The Morgan fingerprint density at radius 3 is 2.45 bits per heavy atom. The zero-order valence-electron chi connectivity index (χ0n) is 7.63. The second kappa shape index (κ2) is 5.01. The molecular weight excluding hydrogens is 158 g/mol. The van der Waals surface area contributed by atoms with Crippen LogP contribution < -0.4 is 5.73 Å². The van der Waals surface area contributed by atoms with E-state index in [9.17, 15) is 0 Å². The van der Waals surface area contributed by atoms with Gasteiger partial charge in [0.15, 0.2) is 0 Å². The van der Waals surface area contributed by atoms with Gasteiger partial charge in [0.1, 0.15) is 0 Å². The van der Waals surface area contributed by atoms with E-state index in [0.717, 1.165) is 5.75 Å². The maximum absolute atomic E-state index is 8.76. The van der Waals surface area contributed by atoms with Crippen molar-refractivity contribution in [1.29, 1.82) is 0 Å². The molecule has 0 amide bonds. The summed E-state index contributed by atoms with van der Waals surface area (Å²) in [5.41, 5.74) is 5.55. The molecule has 11 heavy (non-hydrogen) atoms. The molecule has 0 aliphatic carbocycles. The molecule has 0 fully saturated rings. The lowest BCUT2D eigenvalue weighted by Crippen LogP contribution is -2.28. The van der Waals surface area contributed by atoms with Gasteiger partial charge in [0.05, 0.1) is 0 Å². The van der Waals surface area contributed by atoms with Gasteiger partial charge in [0.25, 0.3) is 0 Å². The van der Waals surface area contributed by atoms with Crippen LogP contribution in [0.15, 0.2) is 0 Å². The van der Waals surface area contributed by atoms with Crippen molar-refractivity contribution >= 4 is 11.8 Å². The molecule has 0 saturated carbocycles. The van der Waals surface area contributed by atoms with Crippen LogP contribution in [0, 0.1) is 5.92 Å². The molecule has 68 valence electrons. The van der Waals surface area contributed by atoms with Crippen molar-refractivity contribution < 1.29 is 5.11 Å². The van der Waals surface area contributed by atoms with Gasteiger partial charge in [0.2, 0.25) is 0 Å². The quantitative estimate of drug-likeness (QED) is 0.660. The number of nitrogens with two attached hydrogens (primary N) is 1. The van der Waals surface area contributed by atoms with E-state index in [1.165, 1.54) is 0 Å². The fourth-order valence-electron chi connectivity index (χ4n) is 0.479. The van der Waals surface area contributed by atoms with Gasteiger partial charge in [-0.25, -0.2) is 0 Å². The lowest BCUT2D eigenvalue weighted by Gasteiger charge is -2.23. The Hall–Kier alpha value is 0.270. The predicted molar refractivity (Wildman–Crippen MR) is 51.8 cm³/mol. The highest BCUT2D eigenvalue weighted by Crippen LogP contribution is 2.24. The first-order chi connectivity index (χ1) is 5.02. The third-order valence-corrected chi connectivity index (χ3v) is 3.25. The highest BCUT2D eigenvalue weighted by atomic mass is 32.2. The van der Waals surface area contributed by atoms with Crippen LogP contribution in [-0.2, 0) is 0 Å². The highest BCUT2D eigenvalue weighted by molar-refractivity contribution is 8.00. The van der Waals surface area contributed by atoms with E-state index in [1.54, 1.807) is 0 Å². The van der Waals surface area contributed by atoms with Crippen LogP contribution in [0.4, 0.5) is 0 Å². The summed E-state index contributed by atoms with van der Waals surface area (Å²) >= 11 is 1.83. The topological polar surface area (TPSA) is 46.2 Å². The number of rotatable bonds is 5. The van der Waals surface area contributed by atoms with Crippen LogP contribution in [0.2, 0.25) is 0 Å². The van der Waals surface area contributed by atoms with Crippen LogP contribution in [0.1, 0.15) is 20.8 Å². The largest absolute Gasteiger partial charge is 0.396 e. The van der Waals surface area contributed by atoms with Gasteiger partial charge in [-0.3, -0.25) is 0 Å². The molecule has 0 aromatic carbocycles. The first-order valence-electron chi connectivity index (χ1n) is 3.96. The summed E-state index contributed by atoms with van der Waals surface area (Å²) in [5.74, 6) is 1.37. The van der Waals surface area contributed by atoms with Crippen LogP contribution in [-0.4, -0.2) is 28.8 Å². The standard InChI is InChI=1S/C8H19NOS/c1-7(4-10)5-11-8(2,3)6-9/h7,10H,4-6,9H2,1-3H3. The molecule has 0 rings (SSSR count). The first-order valence-corrected chi connectivity index (χ1v) is 4.95. The SMILES string of the molecule is CC(CO)CSC(C)(C)CN. The van der Waals surface area contributed by atoms with Crippen LogP contribution in [0.3, 0.4) is 0 Å². The molecule has 0 bridgehead atoms. The molecule has 0 spiro atoms. The lowest BCUT2D eigenvalue weighted by molar-refractivity contribution is 0.250. The monoisotopic (exact) mass is 177 g/mol. The van der Waals surface area contributed by atoms with Crippen molar-refractivity contribution in [2.45, 2.75) is 25.5 Å². The second-order valence-corrected chi connectivity index (χ2v) is 5.29. The second-order valence-electron chi connectivity index (χ2n) is 3.56. The minimum absolute atomic E-state index is 0.156. The van der Waals surface area contributed by atoms with E-state index in [1.807, 2.05) is 18.7 Å². The molecule has 1 atom stereocenters. The first kappa shape index (κ1) is 11.3. The molecule has 1 unspecified atom stereocenters. The molecule has 3 heteroatoms. The summed E-state index contributed by atoms with van der Waals surface area (Å²) in [6.45, 7) is 7.26. The minimum atomic E-state index is 0.156. The molecular formula is C8H19NOS. The van der Waals surface area contributed by atoms with Gasteiger partial charge in [0, 0.05) is 17.9 Å². The van der Waals surface area contributed by atoms with E-state index in [0.29, 0.717) is 12.5 Å². The Balaban J connectivity index is 3.52. The van der Waals surface area contributed by atoms with Gasteiger partial charge >= 0.3 is 0 Å². The van der Waals surface area contributed by atoms with Crippen molar-refractivity contribution in [3.8, 4) is 0 Å². The summed E-state index contributed by atoms with van der Waals surface area (Å²) in [6, 6.07) is 0. The molecule has 0 aliphatic rings. The Kier molecular flexibility index (Phi) is 5.13. The summed E-state index contributed by atoms with van der Waals surface area (Å²) < 4.78 is 0.156. The van der Waals surface area contributed by atoms with Crippen LogP contribution in [0.25, 0.3) is 0 Å². The van der Waals surface area contributed by atoms with Gasteiger partial charge in [-0.1, -0.05) is 6.92 Å². The Labute approximate surface area is 73.6 Å². The van der Waals surface area contributed by atoms with Crippen LogP contribution >= 0.6 is 11.8 Å². The molecule has 0 aromatic rings. The van der Waals surface area contributed by atoms with Crippen molar-refractivity contribution in [1.82, 2.24) is 0 Å². The van der Waals surface area contributed by atoms with Crippen molar-refractivity contribution in [3.63, 3.8) is 0 Å². The summed E-state index contributed by atoms with van der Waals surface area (Å²) in [4.78, 5) is 0. The fraction of sp³-hybridized carbons (Fsp3) is 1.00. The number of aliphatic hydroxyl groups is 1. The van der Waals surface area contributed by atoms with E-state index < -0.39 is 0 Å². The molecule has 3 N–H and O–H groups in total. The molecule has 0 aliphatic heterocycles. The maximum atomic E-state index is 8.76. The zero-order chi connectivity index (χ0) is 8.91. The number of thioether (sulfide) groups is 1. The van der Waals surface area contributed by atoms with Crippen molar-refractivity contribution in [3.05, 3.63) is 0 Å². The van der Waals surface area contributed by atoms with Gasteiger partial charge in [-0.15, -0.1) is 0 Å². The lowest BCUT2D eigenvalue weighted by atomic mass is 10.2. The Morgan fingerprint density at radius 2 is 2.09 bits per heavy atom. The van der Waals surface area contributed by atoms with Gasteiger partial charge in [-0.05, 0) is 25.5 Å². The van der Waals surface area contributed by atoms with Crippen molar-refractivity contribution in [2.24, 2.45) is 11.7 Å². The molecule has 0 saturated heterocycles. The predicted octanol–water partition coefficient (Wildman–Crippen LogP) is 1.09. The summed E-state index contributed by atoms with van der Waals surface area (Å²) in [6.07, 6.45) is 0. The van der Waals surface area contributed by atoms with E-state index in [2.05, 4.69) is 13.8 Å². The molecule has 2 nitrogen and oxygen atoms in total. The van der Waals surface area contributed by atoms with Gasteiger partial charge in [-0.2, -0.15) is 11.8 Å². The normalized spacial score (nSPS) is 15.0. The number of hydrogen-bond donors (Lipinski definition) is 2. The average molecular weight is 177 g/mol. The maximum Gasteiger partial charge on any atom is 0.0464 e. The number of hydrogen-bond acceptors (Lipinski definition) is 3. The molecule has 0 heterocycles. The summed E-state index contributed by atoms with van der Waals surface area (Å²) in [5, 5.41) is 8.76. The van der Waals surface area contributed by atoms with Crippen LogP contribution in [0.5, 0.6) is 0 Å². The Bertz CT molecular complexity index is 106. The zero-order valence-corrected chi connectivity index (χ0v) is 8.45. The smallest absolute Gasteiger partial charge is 0.0464 e. The summed E-state index contributed by atoms with van der Waals surface area (Å²) in [7, 11) is 0. The van der Waals surface area contributed by atoms with Crippen molar-refractivity contribution in [2.75, 3.05) is 18.9 Å². The van der Waals surface area contributed by atoms with E-state index in [-0.39, 0.29) is 11.4 Å². The van der Waals surface area contributed by atoms with E-state index >= 15 is 0 Å². The molecule has 0 aromatic heterocycles.